The molecule has 3 heteroatoms. The third kappa shape index (κ3) is 2.95. The van der Waals surface area contributed by atoms with Crippen LogP contribution in [0, 0.1) is 0 Å². The molecule has 3 nitrogen and oxygen atoms in total. The zero-order chi connectivity index (χ0) is 16.4. The molecule has 0 amide bonds. The number of benzene rings is 3. The Bertz CT molecular complexity index is 822. The van der Waals surface area contributed by atoms with Crippen LogP contribution in [0.15, 0.2) is 60.7 Å². The zero-order valence-electron chi connectivity index (χ0n) is 14.2. The lowest BCUT2D eigenvalue weighted by Gasteiger charge is -2.23. The zero-order valence-corrected chi connectivity index (χ0v) is 14.2. The van der Waals surface area contributed by atoms with E-state index in [1.807, 2.05) is 0 Å². The van der Waals surface area contributed by atoms with Crippen molar-refractivity contribution in [2.24, 2.45) is 0 Å². The maximum absolute atomic E-state index is 3.61. The Kier molecular flexibility index (Phi) is 4.11. The molecule has 0 spiro atoms. The van der Waals surface area contributed by atoms with Crippen LogP contribution in [-0.2, 0) is 0 Å². The highest BCUT2D eigenvalue weighted by Crippen LogP contribution is 2.37. The molecule has 23 heavy (non-hydrogen) atoms. The first-order valence-electron chi connectivity index (χ1n) is 7.80. The summed E-state index contributed by atoms with van der Waals surface area (Å²) in [4.78, 5) is 4.29. The van der Waals surface area contributed by atoms with Gasteiger partial charge in [-0.15, -0.1) is 0 Å². The first-order valence-corrected chi connectivity index (χ1v) is 7.80. The van der Waals surface area contributed by atoms with E-state index >= 15 is 0 Å². The van der Waals surface area contributed by atoms with Crippen molar-refractivity contribution < 1.29 is 0 Å². The Hall–Kier alpha value is -2.68. The average Bonchev–Trinajstić information content (AvgIpc) is 2.54. The Morgan fingerprint density at radius 1 is 0.652 bits per heavy atom. The van der Waals surface area contributed by atoms with E-state index in [1.165, 1.54) is 22.1 Å². The number of hydrogen-bond donors (Lipinski definition) is 1. The predicted molar refractivity (Wildman–Crippen MR) is 102 cm³/mol. The Morgan fingerprint density at radius 2 is 1.35 bits per heavy atom. The Morgan fingerprint density at radius 3 is 2.09 bits per heavy atom. The van der Waals surface area contributed by atoms with Gasteiger partial charge in [-0.05, 0) is 23.6 Å². The number of para-hydroxylation sites is 2. The third-order valence-electron chi connectivity index (χ3n) is 4.00. The standard InChI is InChI=1S/C20H23N3/c1-22(2)19-12-8-7-11-17(19)21-18-14-13-15-9-5-6-10-16(15)20(18)23(3)4/h5-14,21H,1-4H3. The van der Waals surface area contributed by atoms with Crippen molar-refractivity contribution in [3.63, 3.8) is 0 Å². The SMILES string of the molecule is CN(C)c1ccccc1Nc1ccc2ccccc2c1N(C)C. The summed E-state index contributed by atoms with van der Waals surface area (Å²) < 4.78 is 0. The largest absolute Gasteiger partial charge is 0.376 e. The number of rotatable bonds is 4. The van der Waals surface area contributed by atoms with Crippen LogP contribution in [0.4, 0.5) is 22.7 Å². The van der Waals surface area contributed by atoms with Crippen LogP contribution in [0.5, 0.6) is 0 Å². The van der Waals surface area contributed by atoms with Crippen LogP contribution in [0.25, 0.3) is 10.8 Å². The number of nitrogens with one attached hydrogen (secondary N) is 1. The molecule has 3 aromatic carbocycles. The summed E-state index contributed by atoms with van der Waals surface area (Å²) in [7, 11) is 8.30. The van der Waals surface area contributed by atoms with Crippen molar-refractivity contribution in [1.82, 2.24) is 0 Å². The highest BCUT2D eigenvalue weighted by molar-refractivity contribution is 6.01. The van der Waals surface area contributed by atoms with Crippen molar-refractivity contribution in [1.29, 1.82) is 0 Å². The molecule has 0 aliphatic carbocycles. The molecule has 0 saturated heterocycles. The molecule has 0 radical (unpaired) electrons. The minimum atomic E-state index is 1.11. The van der Waals surface area contributed by atoms with E-state index in [0.29, 0.717) is 0 Å². The molecule has 3 rings (SSSR count). The van der Waals surface area contributed by atoms with E-state index in [2.05, 4.69) is 104 Å². The maximum atomic E-state index is 3.61. The molecule has 1 N–H and O–H groups in total. The van der Waals surface area contributed by atoms with Gasteiger partial charge in [0.25, 0.3) is 0 Å². The second kappa shape index (κ2) is 6.21. The highest BCUT2D eigenvalue weighted by Gasteiger charge is 2.11. The van der Waals surface area contributed by atoms with Crippen LogP contribution in [0.3, 0.4) is 0 Å². The van der Waals surface area contributed by atoms with Gasteiger partial charge in [-0.1, -0.05) is 42.5 Å². The number of hydrogen-bond acceptors (Lipinski definition) is 3. The van der Waals surface area contributed by atoms with Gasteiger partial charge >= 0.3 is 0 Å². The van der Waals surface area contributed by atoms with Gasteiger partial charge < -0.3 is 15.1 Å². The first-order chi connectivity index (χ1) is 11.1. The van der Waals surface area contributed by atoms with Crippen molar-refractivity contribution >= 4 is 33.5 Å². The van der Waals surface area contributed by atoms with Crippen molar-refractivity contribution in [3.8, 4) is 0 Å². The fourth-order valence-electron chi connectivity index (χ4n) is 2.95. The van der Waals surface area contributed by atoms with Crippen LogP contribution in [-0.4, -0.2) is 28.2 Å². The molecule has 3 aromatic rings. The van der Waals surface area contributed by atoms with Crippen molar-refractivity contribution in [3.05, 3.63) is 60.7 Å². The van der Waals surface area contributed by atoms with Crippen LogP contribution in [0.1, 0.15) is 0 Å². The molecule has 118 valence electrons. The summed E-state index contributed by atoms with van der Waals surface area (Å²) in [5.74, 6) is 0. The molecule has 0 aliphatic rings. The molecular formula is C20H23N3. The quantitative estimate of drug-likeness (QED) is 0.752. The van der Waals surface area contributed by atoms with Gasteiger partial charge in [0, 0.05) is 33.6 Å². The van der Waals surface area contributed by atoms with E-state index in [0.717, 1.165) is 11.4 Å². The topological polar surface area (TPSA) is 18.5 Å². The van der Waals surface area contributed by atoms with Gasteiger partial charge in [-0.2, -0.15) is 0 Å². The minimum Gasteiger partial charge on any atom is -0.376 e. The summed E-state index contributed by atoms with van der Waals surface area (Å²) in [6, 6.07) is 21.2. The average molecular weight is 305 g/mol. The van der Waals surface area contributed by atoms with E-state index in [-0.39, 0.29) is 0 Å². The molecule has 0 atom stereocenters. The summed E-state index contributed by atoms with van der Waals surface area (Å²) in [5.41, 5.74) is 4.60. The van der Waals surface area contributed by atoms with Crippen molar-refractivity contribution in [2.45, 2.75) is 0 Å². The number of anilines is 4. The predicted octanol–water partition coefficient (Wildman–Crippen LogP) is 4.72. The molecular weight excluding hydrogens is 282 g/mol. The number of fused-ring (bicyclic) bond motifs is 1. The Balaban J connectivity index is 2.12. The van der Waals surface area contributed by atoms with Crippen molar-refractivity contribution in [2.75, 3.05) is 43.3 Å². The summed E-state index contributed by atoms with van der Waals surface area (Å²) in [6.07, 6.45) is 0. The summed E-state index contributed by atoms with van der Waals surface area (Å²) in [5, 5.41) is 6.12. The molecule has 0 heterocycles. The van der Waals surface area contributed by atoms with E-state index < -0.39 is 0 Å². The van der Waals surface area contributed by atoms with Gasteiger partial charge in [-0.3, -0.25) is 0 Å². The van der Waals surface area contributed by atoms with Crippen LogP contribution < -0.4 is 15.1 Å². The normalized spacial score (nSPS) is 10.6. The van der Waals surface area contributed by atoms with Gasteiger partial charge in [0.1, 0.15) is 0 Å². The molecule has 0 saturated carbocycles. The minimum absolute atomic E-state index is 1.11. The fraction of sp³-hybridized carbons (Fsp3) is 0.200. The van der Waals surface area contributed by atoms with Gasteiger partial charge in [-0.25, -0.2) is 0 Å². The second-order valence-corrected chi connectivity index (χ2v) is 6.11. The molecule has 0 bridgehead atoms. The second-order valence-electron chi connectivity index (χ2n) is 6.11. The third-order valence-corrected chi connectivity index (χ3v) is 4.00. The number of nitrogens with zero attached hydrogens (tertiary/aromatic N) is 2. The van der Waals surface area contributed by atoms with E-state index in [4.69, 9.17) is 0 Å². The fourth-order valence-corrected chi connectivity index (χ4v) is 2.95. The highest BCUT2D eigenvalue weighted by atomic mass is 15.1. The lowest BCUT2D eigenvalue weighted by Crippen LogP contribution is -2.13. The lowest BCUT2D eigenvalue weighted by atomic mass is 10.1. The maximum Gasteiger partial charge on any atom is 0.0679 e. The molecule has 0 aromatic heterocycles. The molecule has 0 unspecified atom stereocenters. The smallest absolute Gasteiger partial charge is 0.0679 e. The van der Waals surface area contributed by atoms with Crippen LogP contribution in [0.2, 0.25) is 0 Å². The van der Waals surface area contributed by atoms with Gasteiger partial charge in [0.05, 0.1) is 22.7 Å². The Labute approximate surface area is 138 Å². The molecule has 0 fully saturated rings. The first kappa shape index (κ1) is 15.2. The lowest BCUT2D eigenvalue weighted by molar-refractivity contribution is 1.13. The summed E-state index contributed by atoms with van der Waals surface area (Å²) in [6.45, 7) is 0. The van der Waals surface area contributed by atoms with E-state index in [9.17, 15) is 0 Å². The molecule has 0 aliphatic heterocycles. The monoisotopic (exact) mass is 305 g/mol. The van der Waals surface area contributed by atoms with Gasteiger partial charge in [0.2, 0.25) is 0 Å². The van der Waals surface area contributed by atoms with Crippen LogP contribution >= 0.6 is 0 Å². The van der Waals surface area contributed by atoms with E-state index in [1.54, 1.807) is 0 Å². The van der Waals surface area contributed by atoms with Gasteiger partial charge in [0.15, 0.2) is 0 Å². The summed E-state index contributed by atoms with van der Waals surface area (Å²) >= 11 is 0.